The van der Waals surface area contributed by atoms with E-state index in [4.69, 9.17) is 5.73 Å². The summed E-state index contributed by atoms with van der Waals surface area (Å²) in [5, 5.41) is 0. The molecule has 1 aliphatic carbocycles. The molecule has 0 aromatic carbocycles. The number of hydrogen-bond acceptors (Lipinski definition) is 4. The first-order valence-corrected chi connectivity index (χ1v) is 7.68. The fraction of sp³-hybridized carbons (Fsp3) is 0.583. The minimum Gasteiger partial charge on any atom is -0.384 e. The zero-order valence-electron chi connectivity index (χ0n) is 10.5. The second kappa shape index (κ2) is 5.24. The number of anilines is 1. The van der Waals surface area contributed by atoms with Crippen LogP contribution in [0.4, 0.5) is 5.82 Å². The molecular weight excluding hydrogens is 250 g/mol. The second-order valence-corrected chi connectivity index (χ2v) is 6.71. The van der Waals surface area contributed by atoms with Crippen molar-refractivity contribution in [1.29, 1.82) is 0 Å². The first-order chi connectivity index (χ1) is 8.49. The third-order valence-electron chi connectivity index (χ3n) is 3.64. The topological polar surface area (TPSA) is 85.1 Å². The summed E-state index contributed by atoms with van der Waals surface area (Å²) >= 11 is 0. The van der Waals surface area contributed by atoms with Crippen molar-refractivity contribution in [1.82, 2.24) is 9.71 Å². The van der Waals surface area contributed by atoms with E-state index in [0.29, 0.717) is 24.2 Å². The molecule has 1 saturated carbocycles. The lowest BCUT2D eigenvalue weighted by molar-refractivity contribution is 0.414. The highest BCUT2D eigenvalue weighted by Gasteiger charge is 2.25. The molecule has 100 valence electrons. The van der Waals surface area contributed by atoms with Crippen molar-refractivity contribution in [3.05, 3.63) is 18.3 Å². The van der Waals surface area contributed by atoms with Gasteiger partial charge in [-0.15, -0.1) is 0 Å². The Balaban J connectivity index is 2.01. The van der Waals surface area contributed by atoms with Crippen molar-refractivity contribution < 1.29 is 8.42 Å². The van der Waals surface area contributed by atoms with Crippen LogP contribution in [0.25, 0.3) is 0 Å². The summed E-state index contributed by atoms with van der Waals surface area (Å²) in [4.78, 5) is 3.97. The number of nitrogens with two attached hydrogens (primary N) is 1. The van der Waals surface area contributed by atoms with Crippen molar-refractivity contribution >= 4 is 15.8 Å². The summed E-state index contributed by atoms with van der Waals surface area (Å²) in [6, 6.07) is 2.97. The Morgan fingerprint density at radius 3 is 2.78 bits per heavy atom. The van der Waals surface area contributed by atoms with Gasteiger partial charge in [-0.1, -0.05) is 19.8 Å². The fourth-order valence-corrected chi connectivity index (χ4v) is 3.42. The molecule has 0 aliphatic heterocycles. The van der Waals surface area contributed by atoms with E-state index in [-0.39, 0.29) is 4.90 Å². The van der Waals surface area contributed by atoms with Crippen LogP contribution >= 0.6 is 0 Å². The molecule has 3 N–H and O–H groups in total. The molecule has 2 atom stereocenters. The van der Waals surface area contributed by atoms with Crippen molar-refractivity contribution in [2.75, 3.05) is 12.3 Å². The summed E-state index contributed by atoms with van der Waals surface area (Å²) < 4.78 is 26.7. The van der Waals surface area contributed by atoms with Gasteiger partial charge in [-0.2, -0.15) is 0 Å². The Bertz CT molecular complexity index is 499. The molecule has 1 heterocycles. The zero-order chi connectivity index (χ0) is 13.2. The smallest absolute Gasteiger partial charge is 0.242 e. The number of hydrogen-bond donors (Lipinski definition) is 2. The van der Waals surface area contributed by atoms with E-state index in [1.807, 2.05) is 0 Å². The molecule has 0 amide bonds. The number of pyridine rings is 1. The van der Waals surface area contributed by atoms with E-state index in [2.05, 4.69) is 16.6 Å². The van der Waals surface area contributed by atoms with Gasteiger partial charge in [-0.05, 0) is 30.4 Å². The maximum Gasteiger partial charge on any atom is 0.242 e. The Hall–Kier alpha value is -1.14. The van der Waals surface area contributed by atoms with E-state index < -0.39 is 10.0 Å². The predicted octanol–water partition coefficient (Wildman–Crippen LogP) is 1.38. The normalized spacial score (nSPS) is 24.3. The molecule has 1 aromatic rings. The number of nitrogens with zero attached hydrogens (tertiary/aromatic N) is 1. The van der Waals surface area contributed by atoms with Gasteiger partial charge >= 0.3 is 0 Å². The quantitative estimate of drug-likeness (QED) is 0.864. The number of sulfonamides is 1. The molecule has 0 radical (unpaired) electrons. The van der Waals surface area contributed by atoms with Crippen molar-refractivity contribution in [2.45, 2.75) is 31.1 Å². The van der Waals surface area contributed by atoms with E-state index in [1.165, 1.54) is 31.2 Å². The molecular formula is C12H19N3O2S. The molecule has 0 saturated heterocycles. The maximum atomic E-state index is 12.0. The molecule has 1 aromatic heterocycles. The van der Waals surface area contributed by atoms with Crippen LogP contribution in [-0.4, -0.2) is 19.9 Å². The van der Waals surface area contributed by atoms with Crippen LogP contribution in [0.3, 0.4) is 0 Å². The van der Waals surface area contributed by atoms with E-state index in [0.717, 1.165) is 6.42 Å². The van der Waals surface area contributed by atoms with Gasteiger partial charge in [0, 0.05) is 12.7 Å². The summed E-state index contributed by atoms with van der Waals surface area (Å²) in [6.07, 6.45) is 4.77. The van der Waals surface area contributed by atoms with Gasteiger partial charge in [-0.25, -0.2) is 18.1 Å². The van der Waals surface area contributed by atoms with Crippen LogP contribution < -0.4 is 10.5 Å². The first-order valence-electron chi connectivity index (χ1n) is 6.20. The number of rotatable bonds is 4. The van der Waals surface area contributed by atoms with Crippen LogP contribution in [-0.2, 0) is 10.0 Å². The Kier molecular flexibility index (Phi) is 3.87. The lowest BCUT2D eigenvalue weighted by Gasteiger charge is -2.15. The van der Waals surface area contributed by atoms with Crippen molar-refractivity contribution in [2.24, 2.45) is 11.8 Å². The third kappa shape index (κ3) is 3.00. The molecule has 5 nitrogen and oxygen atoms in total. The highest BCUT2D eigenvalue weighted by atomic mass is 32.2. The average Bonchev–Trinajstić information content (AvgIpc) is 2.73. The Labute approximate surface area is 108 Å². The van der Waals surface area contributed by atoms with Crippen molar-refractivity contribution in [3.8, 4) is 0 Å². The van der Waals surface area contributed by atoms with Crippen LogP contribution in [0.2, 0.25) is 0 Å². The number of nitrogens with one attached hydrogen (secondary N) is 1. The molecule has 18 heavy (non-hydrogen) atoms. The molecule has 1 fully saturated rings. The monoisotopic (exact) mass is 269 g/mol. The lowest BCUT2D eigenvalue weighted by atomic mass is 9.99. The van der Waals surface area contributed by atoms with Gasteiger partial charge in [0.2, 0.25) is 10.0 Å². The molecule has 0 bridgehead atoms. The standard InChI is InChI=1S/C12H19N3O2S/c1-9-3-2-4-10(9)7-15-18(16,17)11-5-6-12(13)14-8-11/h5-6,8-10,15H,2-4,7H2,1H3,(H2,13,14). The molecule has 6 heteroatoms. The maximum absolute atomic E-state index is 12.0. The van der Waals surface area contributed by atoms with E-state index in [9.17, 15) is 8.42 Å². The van der Waals surface area contributed by atoms with Gasteiger partial charge in [0.1, 0.15) is 10.7 Å². The highest BCUT2D eigenvalue weighted by Crippen LogP contribution is 2.30. The predicted molar refractivity (Wildman–Crippen MR) is 70.3 cm³/mol. The van der Waals surface area contributed by atoms with Gasteiger partial charge in [0.05, 0.1) is 0 Å². The first kappa shape index (κ1) is 13.3. The lowest BCUT2D eigenvalue weighted by Crippen LogP contribution is -2.30. The van der Waals surface area contributed by atoms with Gasteiger partial charge in [-0.3, -0.25) is 0 Å². The minimum absolute atomic E-state index is 0.169. The van der Waals surface area contributed by atoms with E-state index >= 15 is 0 Å². The highest BCUT2D eigenvalue weighted by molar-refractivity contribution is 7.89. The largest absolute Gasteiger partial charge is 0.384 e. The number of nitrogen functional groups attached to an aromatic ring is 1. The summed E-state index contributed by atoms with van der Waals surface area (Å²) in [5.41, 5.74) is 5.44. The van der Waals surface area contributed by atoms with Crippen LogP contribution in [0.1, 0.15) is 26.2 Å². The SMILES string of the molecule is CC1CCCC1CNS(=O)(=O)c1ccc(N)nc1. The molecule has 2 rings (SSSR count). The number of aromatic nitrogens is 1. The van der Waals surface area contributed by atoms with E-state index in [1.54, 1.807) is 0 Å². The van der Waals surface area contributed by atoms with Crippen molar-refractivity contribution in [3.63, 3.8) is 0 Å². The summed E-state index contributed by atoms with van der Waals surface area (Å²) in [5.74, 6) is 1.36. The zero-order valence-corrected chi connectivity index (χ0v) is 11.3. The summed E-state index contributed by atoms with van der Waals surface area (Å²) in [6.45, 7) is 2.69. The molecule has 2 unspecified atom stereocenters. The fourth-order valence-electron chi connectivity index (χ4n) is 2.38. The van der Waals surface area contributed by atoms with Gasteiger partial charge in [0.15, 0.2) is 0 Å². The van der Waals surface area contributed by atoms with Crippen LogP contribution in [0.15, 0.2) is 23.2 Å². The molecule has 0 spiro atoms. The Morgan fingerprint density at radius 2 is 2.22 bits per heavy atom. The van der Waals surface area contributed by atoms with Gasteiger partial charge < -0.3 is 5.73 Å². The Morgan fingerprint density at radius 1 is 1.44 bits per heavy atom. The second-order valence-electron chi connectivity index (χ2n) is 4.94. The van der Waals surface area contributed by atoms with Crippen LogP contribution in [0, 0.1) is 11.8 Å². The summed E-state index contributed by atoms with van der Waals surface area (Å²) in [7, 11) is -3.46. The van der Waals surface area contributed by atoms with Crippen LogP contribution in [0.5, 0.6) is 0 Å². The third-order valence-corrected chi connectivity index (χ3v) is 5.05. The minimum atomic E-state index is -3.46. The molecule has 1 aliphatic rings. The van der Waals surface area contributed by atoms with Gasteiger partial charge in [0.25, 0.3) is 0 Å². The average molecular weight is 269 g/mol.